The molecule has 3 aromatic carbocycles. The lowest BCUT2D eigenvalue weighted by molar-refractivity contribution is 0.306. The third-order valence-electron chi connectivity index (χ3n) is 6.85. The molecule has 12 nitrogen and oxygen atoms in total. The lowest BCUT2D eigenvalue weighted by Gasteiger charge is -2.10. The molecule has 0 aliphatic heterocycles. The summed E-state index contributed by atoms with van der Waals surface area (Å²) in [7, 11) is 3.85. The smallest absolute Gasteiger partial charge is 0.227 e. The van der Waals surface area contributed by atoms with Gasteiger partial charge in [0.2, 0.25) is 11.9 Å². The number of aryl methyl sites for hydroxylation is 2. The Morgan fingerprint density at radius 2 is 1.19 bits per heavy atom. The van der Waals surface area contributed by atoms with Gasteiger partial charge in [-0.25, -0.2) is 29.9 Å². The first-order valence-electron chi connectivity index (χ1n) is 14.7. The molecule has 0 atom stereocenters. The van der Waals surface area contributed by atoms with Gasteiger partial charge >= 0.3 is 0 Å². The Morgan fingerprint density at radius 3 is 1.74 bits per heavy atom. The molecule has 0 radical (unpaired) electrons. The van der Waals surface area contributed by atoms with E-state index in [9.17, 15) is 5.11 Å². The number of benzene rings is 3. The molecule has 7 rings (SSSR count). The van der Waals surface area contributed by atoms with Crippen LogP contribution in [-0.2, 0) is 20.7 Å². The molecular weight excluding hydrogens is 592 g/mol. The third kappa shape index (κ3) is 8.13. The van der Waals surface area contributed by atoms with Gasteiger partial charge in [-0.1, -0.05) is 42.5 Å². The molecule has 4 heterocycles. The fraction of sp³-hybridized carbons (Fsp3) is 0.0857. The Kier molecular flexibility index (Phi) is 9.39. The molecule has 47 heavy (non-hydrogen) atoms. The summed E-state index contributed by atoms with van der Waals surface area (Å²) >= 11 is 0. The zero-order valence-electron chi connectivity index (χ0n) is 25.8. The van der Waals surface area contributed by atoms with Crippen LogP contribution in [0, 0.1) is 0 Å². The van der Waals surface area contributed by atoms with E-state index in [4.69, 9.17) is 4.74 Å². The molecule has 234 valence electrons. The summed E-state index contributed by atoms with van der Waals surface area (Å²) in [6.07, 6.45) is 10.6. The summed E-state index contributed by atoms with van der Waals surface area (Å²) in [6, 6.07) is 28.3. The van der Waals surface area contributed by atoms with Crippen LogP contribution < -0.4 is 15.4 Å². The van der Waals surface area contributed by atoms with Crippen LogP contribution >= 0.6 is 0 Å². The summed E-state index contributed by atoms with van der Waals surface area (Å²) in [4.78, 5) is 26.0. The van der Waals surface area contributed by atoms with Crippen LogP contribution in [0.25, 0.3) is 23.0 Å². The summed E-state index contributed by atoms with van der Waals surface area (Å²) in [5, 5.41) is 15.7. The highest BCUT2D eigenvalue weighted by atomic mass is 16.5. The predicted molar refractivity (Wildman–Crippen MR) is 180 cm³/mol. The largest absolute Gasteiger partial charge is 0.508 e. The molecule has 0 unspecified atom stereocenters. The summed E-state index contributed by atoms with van der Waals surface area (Å²) in [6.45, 7) is 0.523. The molecule has 0 fully saturated rings. The lowest BCUT2D eigenvalue weighted by Crippen LogP contribution is -2.01. The minimum absolute atomic E-state index is 0.190. The number of nitrogens with one attached hydrogen (secondary N) is 2. The molecule has 0 aliphatic rings. The minimum Gasteiger partial charge on any atom is -0.508 e. The SMILES string of the molecule is Cn1ccnc1-c1ccnc(Nc2cccc(O)c2)n1.Cn1ccnc1-c1ccnc(Nc2cccc(OCc3ccccc3)c2)n1. The van der Waals surface area contributed by atoms with Crippen LogP contribution in [-0.4, -0.2) is 44.1 Å². The molecule has 0 saturated carbocycles. The van der Waals surface area contributed by atoms with Gasteiger partial charge in [0.25, 0.3) is 0 Å². The number of phenolic OH excluding ortho intramolecular Hbond substituents is 1. The molecular formula is C35H32N10O2. The van der Waals surface area contributed by atoms with Crippen LogP contribution in [0.4, 0.5) is 23.3 Å². The topological polar surface area (TPSA) is 141 Å². The van der Waals surface area contributed by atoms with Crippen molar-refractivity contribution in [1.82, 2.24) is 39.0 Å². The van der Waals surface area contributed by atoms with Gasteiger partial charge in [-0.15, -0.1) is 0 Å². The Labute approximate surface area is 271 Å². The standard InChI is InChI=1S/C21H19N5O.C14H13N5O/c1-26-13-12-22-20(26)19-10-11-23-21(25-19)24-17-8-5-9-18(14-17)27-15-16-6-3-2-4-7-16;1-19-8-7-15-13(19)12-5-6-16-14(18-12)17-10-3-2-4-11(20)9-10/h2-14H,15H2,1H3,(H,23,24,25);2-9,20H,1H3,(H,16,17,18). The van der Waals surface area contributed by atoms with E-state index in [0.717, 1.165) is 45.7 Å². The number of imidazole rings is 2. The maximum absolute atomic E-state index is 9.44. The van der Waals surface area contributed by atoms with E-state index < -0.39 is 0 Å². The number of aromatic hydroxyl groups is 1. The van der Waals surface area contributed by atoms with Gasteiger partial charge in [0, 0.05) is 74.8 Å². The van der Waals surface area contributed by atoms with E-state index in [-0.39, 0.29) is 5.75 Å². The van der Waals surface area contributed by atoms with E-state index in [1.807, 2.05) is 102 Å². The summed E-state index contributed by atoms with van der Waals surface area (Å²) in [5.41, 5.74) is 4.20. The molecule has 0 spiro atoms. The number of phenols is 1. The first-order chi connectivity index (χ1) is 23.0. The minimum atomic E-state index is 0.190. The number of hydrogen-bond acceptors (Lipinski definition) is 10. The molecule has 0 aliphatic carbocycles. The quantitative estimate of drug-likeness (QED) is 0.162. The Morgan fingerprint density at radius 1 is 0.617 bits per heavy atom. The van der Waals surface area contributed by atoms with Gasteiger partial charge in [0.15, 0.2) is 11.6 Å². The maximum atomic E-state index is 9.44. The third-order valence-corrected chi connectivity index (χ3v) is 6.85. The van der Waals surface area contributed by atoms with Crippen LogP contribution in [0.2, 0.25) is 0 Å². The van der Waals surface area contributed by atoms with Crippen molar-refractivity contribution in [1.29, 1.82) is 0 Å². The summed E-state index contributed by atoms with van der Waals surface area (Å²) < 4.78 is 9.68. The van der Waals surface area contributed by atoms with Gasteiger partial charge < -0.3 is 29.6 Å². The van der Waals surface area contributed by atoms with Crippen molar-refractivity contribution in [2.45, 2.75) is 6.61 Å². The number of aromatic nitrogens is 8. The maximum Gasteiger partial charge on any atom is 0.227 e. The van der Waals surface area contributed by atoms with Crippen molar-refractivity contribution in [3.8, 4) is 34.5 Å². The number of anilines is 4. The van der Waals surface area contributed by atoms with Crippen molar-refractivity contribution in [2.75, 3.05) is 10.6 Å². The van der Waals surface area contributed by atoms with Crippen molar-refractivity contribution >= 4 is 23.3 Å². The Balaban J connectivity index is 0.000000172. The van der Waals surface area contributed by atoms with Gasteiger partial charge in [-0.05, 0) is 42.0 Å². The van der Waals surface area contributed by atoms with Crippen molar-refractivity contribution in [3.63, 3.8) is 0 Å². The highest BCUT2D eigenvalue weighted by Gasteiger charge is 2.09. The van der Waals surface area contributed by atoms with Crippen LogP contribution in [0.3, 0.4) is 0 Å². The second-order valence-electron chi connectivity index (χ2n) is 10.4. The van der Waals surface area contributed by atoms with E-state index in [2.05, 4.69) is 40.5 Å². The Bertz CT molecular complexity index is 2060. The number of nitrogens with zero attached hydrogens (tertiary/aromatic N) is 8. The first kappa shape index (κ1) is 30.5. The van der Waals surface area contributed by atoms with Crippen molar-refractivity contribution in [3.05, 3.63) is 134 Å². The van der Waals surface area contributed by atoms with E-state index >= 15 is 0 Å². The van der Waals surface area contributed by atoms with E-state index in [1.54, 1.807) is 49.1 Å². The molecule has 3 N–H and O–H groups in total. The number of ether oxygens (including phenoxy) is 1. The molecule has 12 heteroatoms. The van der Waals surface area contributed by atoms with Gasteiger partial charge in [-0.3, -0.25) is 0 Å². The fourth-order valence-electron chi connectivity index (χ4n) is 4.56. The second kappa shape index (κ2) is 14.5. The second-order valence-corrected chi connectivity index (χ2v) is 10.4. The molecule has 4 aromatic heterocycles. The number of hydrogen-bond donors (Lipinski definition) is 3. The average molecular weight is 625 g/mol. The lowest BCUT2D eigenvalue weighted by atomic mass is 10.2. The van der Waals surface area contributed by atoms with Gasteiger partial charge in [-0.2, -0.15) is 0 Å². The van der Waals surface area contributed by atoms with Crippen molar-refractivity contribution < 1.29 is 9.84 Å². The monoisotopic (exact) mass is 624 g/mol. The molecule has 7 aromatic rings. The van der Waals surface area contributed by atoms with E-state index in [0.29, 0.717) is 18.5 Å². The van der Waals surface area contributed by atoms with Crippen LogP contribution in [0.15, 0.2) is 128 Å². The molecule has 0 saturated heterocycles. The predicted octanol–water partition coefficient (Wildman–Crippen LogP) is 6.53. The number of rotatable bonds is 9. The normalized spacial score (nSPS) is 10.5. The highest BCUT2D eigenvalue weighted by Crippen LogP contribution is 2.23. The van der Waals surface area contributed by atoms with Crippen molar-refractivity contribution in [2.24, 2.45) is 14.1 Å². The molecule has 0 bridgehead atoms. The summed E-state index contributed by atoms with van der Waals surface area (Å²) in [5.74, 6) is 3.50. The zero-order chi connectivity index (χ0) is 32.4. The first-order valence-corrected chi connectivity index (χ1v) is 14.7. The van der Waals surface area contributed by atoms with Gasteiger partial charge in [0.05, 0.1) is 0 Å². The molecule has 0 amide bonds. The van der Waals surface area contributed by atoms with Gasteiger partial charge in [0.1, 0.15) is 29.5 Å². The van der Waals surface area contributed by atoms with Crippen LogP contribution in [0.5, 0.6) is 11.5 Å². The Hall–Kier alpha value is -6.56. The average Bonchev–Trinajstić information content (AvgIpc) is 3.73. The zero-order valence-corrected chi connectivity index (χ0v) is 25.8. The highest BCUT2D eigenvalue weighted by molar-refractivity contribution is 5.60. The fourth-order valence-corrected chi connectivity index (χ4v) is 4.56. The van der Waals surface area contributed by atoms with Crippen LogP contribution in [0.1, 0.15) is 5.56 Å². The van der Waals surface area contributed by atoms with E-state index in [1.165, 1.54) is 0 Å².